The Labute approximate surface area is 302 Å². The summed E-state index contributed by atoms with van der Waals surface area (Å²) in [7, 11) is 1.72. The highest BCUT2D eigenvalue weighted by Crippen LogP contribution is 2.61. The van der Waals surface area contributed by atoms with Gasteiger partial charge in [-0.3, -0.25) is 4.98 Å². The van der Waals surface area contributed by atoms with Crippen molar-refractivity contribution >= 4 is 11.8 Å². The zero-order chi connectivity index (χ0) is 36.4. The van der Waals surface area contributed by atoms with E-state index in [1.54, 1.807) is 24.9 Å². The van der Waals surface area contributed by atoms with Crippen molar-refractivity contribution in [2.75, 3.05) is 40.1 Å². The van der Waals surface area contributed by atoms with E-state index in [1.165, 1.54) is 0 Å². The average Bonchev–Trinajstić information content (AvgIpc) is 3.13. The number of hydrogen-bond acceptors (Lipinski definition) is 10. The van der Waals surface area contributed by atoms with Crippen LogP contribution >= 0.6 is 0 Å². The van der Waals surface area contributed by atoms with Gasteiger partial charge in [-0.05, 0) is 94.2 Å². The van der Waals surface area contributed by atoms with E-state index >= 15 is 0 Å². The van der Waals surface area contributed by atoms with Gasteiger partial charge >= 0.3 is 6.09 Å². The molecule has 2 heterocycles. The number of aromatic nitrogens is 1. The number of hydrogen-bond donors (Lipinski definition) is 2. The van der Waals surface area contributed by atoms with Crippen molar-refractivity contribution in [2.24, 2.45) is 22.9 Å². The zero-order valence-electron chi connectivity index (χ0n) is 30.6. The summed E-state index contributed by atoms with van der Waals surface area (Å²) in [5, 5.41) is 24.2. The number of unbranched alkanes of at least 4 members (excludes halogenated alkanes) is 2. The maximum absolute atomic E-state index is 13.5. The smallest absolute Gasteiger partial charge is 0.409 e. The fraction of sp³-hybridized carbons (Fsp3) is 0.575. The minimum absolute atomic E-state index is 0.117. The van der Waals surface area contributed by atoms with Crippen LogP contribution in [0.4, 0.5) is 4.79 Å². The van der Waals surface area contributed by atoms with Gasteiger partial charge in [-0.25, -0.2) is 4.79 Å². The lowest BCUT2D eigenvalue weighted by Crippen LogP contribution is -2.69. The molecule has 6 atom stereocenters. The molecule has 2 aliphatic carbocycles. The summed E-state index contributed by atoms with van der Waals surface area (Å²) in [4.78, 5) is 25.4. The van der Waals surface area contributed by atoms with E-state index < -0.39 is 17.9 Å². The quantitative estimate of drug-likeness (QED) is 0.0987. The van der Waals surface area contributed by atoms with Crippen molar-refractivity contribution < 1.29 is 38.8 Å². The lowest BCUT2D eigenvalue weighted by atomic mass is 9.55. The van der Waals surface area contributed by atoms with E-state index in [0.717, 1.165) is 53.9 Å². The fourth-order valence-corrected chi connectivity index (χ4v) is 8.15. The molecule has 6 unspecified atom stereocenters. The van der Waals surface area contributed by atoms with Crippen molar-refractivity contribution in [1.82, 2.24) is 9.88 Å². The second kappa shape index (κ2) is 18.0. The van der Waals surface area contributed by atoms with Crippen molar-refractivity contribution in [3.63, 3.8) is 0 Å². The van der Waals surface area contributed by atoms with E-state index in [-0.39, 0.29) is 50.1 Å². The van der Waals surface area contributed by atoms with Crippen molar-refractivity contribution in [2.45, 2.75) is 90.1 Å². The molecule has 1 aromatic heterocycles. The second-order valence-electron chi connectivity index (χ2n) is 13.6. The first-order valence-electron chi connectivity index (χ1n) is 18.5. The molecule has 0 spiro atoms. The number of likely N-dealkylation sites (N-methyl/N-ethyl adjacent to an activating group) is 1. The van der Waals surface area contributed by atoms with Gasteiger partial charge in [0.25, 0.3) is 0 Å². The van der Waals surface area contributed by atoms with E-state index in [9.17, 15) is 15.0 Å². The highest BCUT2D eigenvalue weighted by Gasteiger charge is 2.65. The molecule has 2 aromatic rings. The second-order valence-corrected chi connectivity index (χ2v) is 13.6. The van der Waals surface area contributed by atoms with Crippen molar-refractivity contribution in [1.29, 1.82) is 0 Å². The number of aliphatic hydroxyl groups excluding tert-OH is 2. The Kier molecular flexibility index (Phi) is 13.5. The number of aliphatic hydroxyl groups is 2. The third kappa shape index (κ3) is 8.42. The number of ether oxygens (including phenoxy) is 4. The van der Waals surface area contributed by atoms with Crippen molar-refractivity contribution in [3.8, 4) is 11.5 Å². The number of carbonyl (C=O) groups is 1. The van der Waals surface area contributed by atoms with Crippen LogP contribution < -0.4 is 9.47 Å². The number of carbonyl (C=O) groups excluding carboxylic acids is 1. The van der Waals surface area contributed by atoms with Crippen LogP contribution in [0, 0.1) is 24.7 Å². The summed E-state index contributed by atoms with van der Waals surface area (Å²) in [6.45, 7) is 11.0. The minimum atomic E-state index is -1.32. The van der Waals surface area contributed by atoms with Crippen LogP contribution in [0.3, 0.4) is 0 Å². The van der Waals surface area contributed by atoms with Crippen LogP contribution in [0.15, 0.2) is 65.9 Å². The first-order chi connectivity index (χ1) is 24.8. The first-order valence-corrected chi connectivity index (χ1v) is 18.5. The number of fused-ring (bicyclic) bond motifs is 2. The number of benzene rings is 1. The van der Waals surface area contributed by atoms with E-state index in [0.29, 0.717) is 44.0 Å². The minimum Gasteiger partial charge on any atom is -0.487 e. The normalized spacial score (nSPS) is 25.6. The van der Waals surface area contributed by atoms with E-state index in [4.69, 9.17) is 23.8 Å². The van der Waals surface area contributed by atoms with Crippen LogP contribution in [0.1, 0.15) is 81.7 Å². The maximum Gasteiger partial charge on any atom is 0.409 e. The number of rotatable bonds is 18. The van der Waals surface area contributed by atoms with E-state index in [1.807, 2.05) is 44.2 Å². The molecular weight excluding hydrogens is 650 g/mol. The van der Waals surface area contributed by atoms with Gasteiger partial charge in [0, 0.05) is 43.9 Å². The topological polar surface area (TPSA) is 132 Å². The molecule has 0 radical (unpaired) electrons. The summed E-state index contributed by atoms with van der Waals surface area (Å²) in [6.07, 6.45) is 8.67. The van der Waals surface area contributed by atoms with Crippen LogP contribution in [-0.4, -0.2) is 83.8 Å². The van der Waals surface area contributed by atoms with Gasteiger partial charge in [0.1, 0.15) is 30.8 Å². The molecule has 51 heavy (non-hydrogen) atoms. The molecule has 1 aliphatic heterocycles. The fourth-order valence-electron chi connectivity index (χ4n) is 8.15. The predicted molar refractivity (Wildman–Crippen MR) is 195 cm³/mol. The molecule has 1 aromatic carbocycles. The maximum atomic E-state index is 13.5. The largest absolute Gasteiger partial charge is 0.487 e. The molecule has 11 nitrogen and oxygen atoms in total. The Bertz CT molecular complexity index is 1550. The SMILES string of the molecule is C=CCOC12Oc3ccc(OCc4cccc(C)n4)cc3C3C(CCCCO)C(CCCCO)C=C(C(=NOCC)CC1N(C)C(=O)OCC)C32. The van der Waals surface area contributed by atoms with Gasteiger partial charge < -0.3 is 38.9 Å². The molecule has 1 fully saturated rings. The van der Waals surface area contributed by atoms with Gasteiger partial charge in [-0.1, -0.05) is 36.2 Å². The number of pyridine rings is 1. The van der Waals surface area contributed by atoms with Crippen LogP contribution in [-0.2, 0) is 20.9 Å². The Hall–Kier alpha value is -3.93. The lowest BCUT2D eigenvalue weighted by Gasteiger charge is -2.59. The Morgan fingerprint density at radius 2 is 1.90 bits per heavy atom. The van der Waals surface area contributed by atoms with E-state index in [2.05, 4.69) is 28.9 Å². The molecule has 0 bridgehead atoms. The third-order valence-corrected chi connectivity index (χ3v) is 10.3. The van der Waals surface area contributed by atoms with Gasteiger partial charge in [0.15, 0.2) is 0 Å². The number of nitrogens with zero attached hydrogens (tertiary/aromatic N) is 3. The standard InChI is InChI=1S/C40H55N3O8/c1-6-22-49-40-36(43(5)39(46)47-7-2)25-34(42-50-8-3)32-23-28(15-9-11-20-44)31(17-10-12-21-45)37(38(32)40)33-24-30(18-19-35(33)51-40)48-26-29-16-13-14-27(4)41-29/h6,13-14,16,18-19,23-24,28,31,36-38,44-45H,1,7-12,15,17,20-22,25-26H2,2-5H3. The predicted octanol–water partition coefficient (Wildman–Crippen LogP) is 6.71. The Balaban J connectivity index is 1.71. The van der Waals surface area contributed by atoms with Crippen LogP contribution in [0.25, 0.3) is 0 Å². The molecular formula is C40H55N3O8. The van der Waals surface area contributed by atoms with Crippen LogP contribution in [0.5, 0.6) is 11.5 Å². The van der Waals surface area contributed by atoms with Gasteiger partial charge in [-0.15, -0.1) is 6.58 Å². The first kappa shape index (κ1) is 38.3. The number of oxime groups is 1. The molecule has 5 rings (SSSR count). The molecule has 1 amide bonds. The summed E-state index contributed by atoms with van der Waals surface area (Å²) >= 11 is 0. The zero-order valence-corrected chi connectivity index (χ0v) is 30.6. The molecule has 278 valence electrons. The summed E-state index contributed by atoms with van der Waals surface area (Å²) in [5.41, 5.74) is 4.49. The number of allylic oxidation sites excluding steroid dienone is 1. The molecule has 11 heteroatoms. The number of amides is 1. The third-order valence-electron chi connectivity index (χ3n) is 10.3. The Morgan fingerprint density at radius 3 is 2.61 bits per heavy atom. The van der Waals surface area contributed by atoms with Gasteiger partial charge in [0.05, 0.1) is 30.5 Å². The highest BCUT2D eigenvalue weighted by molar-refractivity contribution is 6.02. The number of aryl methyl sites for hydroxylation is 1. The molecule has 0 saturated heterocycles. The lowest BCUT2D eigenvalue weighted by molar-refractivity contribution is -0.253. The average molecular weight is 706 g/mol. The van der Waals surface area contributed by atoms with Gasteiger partial charge in [0.2, 0.25) is 5.79 Å². The molecule has 1 saturated carbocycles. The molecule has 3 aliphatic rings. The molecule has 2 N–H and O–H groups in total. The summed E-state index contributed by atoms with van der Waals surface area (Å²) < 4.78 is 25.8. The summed E-state index contributed by atoms with van der Waals surface area (Å²) in [5.74, 6) is -0.223. The highest BCUT2D eigenvalue weighted by atomic mass is 16.7. The van der Waals surface area contributed by atoms with Crippen molar-refractivity contribution in [3.05, 3.63) is 77.7 Å². The monoisotopic (exact) mass is 705 g/mol. The Morgan fingerprint density at radius 1 is 1.12 bits per heavy atom. The van der Waals surface area contributed by atoms with Crippen LogP contribution in [0.2, 0.25) is 0 Å². The summed E-state index contributed by atoms with van der Waals surface area (Å²) in [6, 6.07) is 11.2. The van der Waals surface area contributed by atoms with Gasteiger partial charge in [-0.2, -0.15) is 0 Å².